The van der Waals surface area contributed by atoms with Crippen molar-refractivity contribution in [3.05, 3.63) is 51.4 Å². The minimum Gasteiger partial charge on any atom is -0.452 e. The van der Waals surface area contributed by atoms with Crippen molar-refractivity contribution < 1.29 is 13.6 Å². The lowest BCUT2D eigenvalue weighted by atomic mass is 10.2. The lowest BCUT2D eigenvalue weighted by Crippen LogP contribution is -1.98. The highest BCUT2D eigenvalue weighted by Crippen LogP contribution is 2.25. The molecular weight excluding hydrogens is 265 g/mol. The Labute approximate surface area is 112 Å². The molecule has 5 heteroatoms. The lowest BCUT2D eigenvalue weighted by molar-refractivity contribution is 0.101. The van der Waals surface area contributed by atoms with E-state index in [0.717, 1.165) is 5.01 Å². The zero-order valence-corrected chi connectivity index (χ0v) is 11.2. The Kier molecular flexibility index (Phi) is 2.71. The third kappa shape index (κ3) is 2.06. The maximum atomic E-state index is 13.1. The number of ketones is 1. The molecule has 2 aromatic heterocycles. The van der Waals surface area contributed by atoms with Gasteiger partial charge >= 0.3 is 0 Å². The third-order valence-electron chi connectivity index (χ3n) is 2.82. The topological polar surface area (TPSA) is 43.1 Å². The van der Waals surface area contributed by atoms with Gasteiger partial charge in [0.15, 0.2) is 5.76 Å². The fraction of sp³-hybridized carbons (Fsp3) is 0.143. The molecule has 19 heavy (non-hydrogen) atoms. The number of hydrogen-bond acceptors (Lipinski definition) is 4. The highest BCUT2D eigenvalue weighted by atomic mass is 32.1. The normalized spacial score (nSPS) is 11.1. The summed E-state index contributed by atoms with van der Waals surface area (Å²) in [5, 5.41) is 1.55. The summed E-state index contributed by atoms with van der Waals surface area (Å²) >= 11 is 1.34. The fourth-order valence-corrected chi connectivity index (χ4v) is 2.84. The smallest absolute Gasteiger partial charge is 0.240 e. The SMILES string of the molecule is Cc1nc(C)c(C(=O)c2cc3ccc(F)cc3o2)s1. The number of furan rings is 1. The van der Waals surface area contributed by atoms with Crippen molar-refractivity contribution in [3.8, 4) is 0 Å². The van der Waals surface area contributed by atoms with E-state index in [1.165, 1.54) is 23.5 Å². The van der Waals surface area contributed by atoms with Crippen molar-refractivity contribution in [1.82, 2.24) is 4.98 Å². The Morgan fingerprint density at radius 1 is 1.32 bits per heavy atom. The van der Waals surface area contributed by atoms with E-state index >= 15 is 0 Å². The van der Waals surface area contributed by atoms with Gasteiger partial charge in [-0.25, -0.2) is 9.37 Å². The molecule has 0 saturated heterocycles. The molecule has 0 unspecified atom stereocenters. The van der Waals surface area contributed by atoms with E-state index in [0.29, 0.717) is 21.5 Å². The Bertz CT molecular complexity index is 788. The van der Waals surface area contributed by atoms with E-state index in [1.54, 1.807) is 19.1 Å². The molecule has 0 N–H and O–H groups in total. The summed E-state index contributed by atoms with van der Waals surface area (Å²) < 4.78 is 18.5. The Balaban J connectivity index is 2.09. The standard InChI is InChI=1S/C14H10FNO2S/c1-7-14(19-8(2)16-7)13(17)12-5-9-3-4-10(15)6-11(9)18-12/h3-6H,1-2H3. The average Bonchev–Trinajstić information content (AvgIpc) is 2.91. The number of nitrogens with zero attached hydrogens (tertiary/aromatic N) is 1. The Morgan fingerprint density at radius 3 is 2.79 bits per heavy atom. The van der Waals surface area contributed by atoms with E-state index < -0.39 is 0 Å². The van der Waals surface area contributed by atoms with Gasteiger partial charge in [-0.3, -0.25) is 4.79 Å². The number of fused-ring (bicyclic) bond motifs is 1. The predicted molar refractivity (Wildman–Crippen MR) is 71.2 cm³/mol. The van der Waals surface area contributed by atoms with Crippen LogP contribution < -0.4 is 0 Å². The lowest BCUT2D eigenvalue weighted by Gasteiger charge is -1.93. The molecule has 96 valence electrons. The van der Waals surface area contributed by atoms with Crippen molar-refractivity contribution in [1.29, 1.82) is 0 Å². The van der Waals surface area contributed by atoms with E-state index in [4.69, 9.17) is 4.42 Å². The minimum atomic E-state index is -0.384. The van der Waals surface area contributed by atoms with Gasteiger partial charge in [0, 0.05) is 11.5 Å². The van der Waals surface area contributed by atoms with Crippen molar-refractivity contribution in [2.24, 2.45) is 0 Å². The quantitative estimate of drug-likeness (QED) is 0.667. The van der Waals surface area contributed by atoms with Crippen molar-refractivity contribution in [2.45, 2.75) is 13.8 Å². The molecule has 0 amide bonds. The number of carbonyl (C=O) groups excluding carboxylic acids is 1. The van der Waals surface area contributed by atoms with Crippen LogP contribution in [0.15, 0.2) is 28.7 Å². The van der Waals surface area contributed by atoms with Gasteiger partial charge in [-0.15, -0.1) is 11.3 Å². The van der Waals surface area contributed by atoms with Crippen LogP contribution >= 0.6 is 11.3 Å². The van der Waals surface area contributed by atoms with Crippen LogP contribution in [0.2, 0.25) is 0 Å². The summed E-state index contributed by atoms with van der Waals surface area (Å²) in [4.78, 5) is 17.1. The van der Waals surface area contributed by atoms with Crippen LogP contribution in [-0.2, 0) is 0 Å². The van der Waals surface area contributed by atoms with Crippen molar-refractivity contribution in [2.75, 3.05) is 0 Å². The number of aryl methyl sites for hydroxylation is 2. The molecular formula is C14H10FNO2S. The molecule has 0 fully saturated rings. The monoisotopic (exact) mass is 275 g/mol. The number of thiazole rings is 1. The van der Waals surface area contributed by atoms with Crippen LogP contribution in [-0.4, -0.2) is 10.8 Å². The molecule has 0 saturated carbocycles. The summed E-state index contributed by atoms with van der Waals surface area (Å²) in [6, 6.07) is 5.84. The highest BCUT2D eigenvalue weighted by Gasteiger charge is 2.19. The first-order chi connectivity index (χ1) is 9.04. The molecule has 0 aliphatic rings. The van der Waals surface area contributed by atoms with Crippen LogP contribution in [0.4, 0.5) is 4.39 Å². The third-order valence-corrected chi connectivity index (χ3v) is 3.89. The maximum Gasteiger partial charge on any atom is 0.240 e. The molecule has 3 aromatic rings. The summed E-state index contributed by atoms with van der Waals surface area (Å²) in [5.41, 5.74) is 1.07. The number of rotatable bonds is 2. The zero-order valence-electron chi connectivity index (χ0n) is 10.4. The molecule has 0 bridgehead atoms. The average molecular weight is 275 g/mol. The molecule has 0 aliphatic heterocycles. The van der Waals surface area contributed by atoms with Gasteiger partial charge in [0.25, 0.3) is 0 Å². The zero-order chi connectivity index (χ0) is 13.6. The molecule has 0 radical (unpaired) electrons. The predicted octanol–water partition coefficient (Wildman–Crippen LogP) is 3.88. The van der Waals surface area contributed by atoms with Crippen LogP contribution in [0.1, 0.15) is 26.1 Å². The number of benzene rings is 1. The molecule has 1 aromatic carbocycles. The largest absolute Gasteiger partial charge is 0.452 e. The second-order valence-corrected chi connectivity index (χ2v) is 5.47. The fourth-order valence-electron chi connectivity index (χ4n) is 1.97. The van der Waals surface area contributed by atoms with Crippen molar-refractivity contribution in [3.63, 3.8) is 0 Å². The highest BCUT2D eigenvalue weighted by molar-refractivity contribution is 7.13. The van der Waals surface area contributed by atoms with Gasteiger partial charge in [-0.2, -0.15) is 0 Å². The van der Waals surface area contributed by atoms with Gasteiger partial charge in [0.1, 0.15) is 16.3 Å². The number of aromatic nitrogens is 1. The van der Waals surface area contributed by atoms with E-state index in [1.807, 2.05) is 6.92 Å². The van der Waals surface area contributed by atoms with Crippen LogP contribution in [0.25, 0.3) is 11.0 Å². The molecule has 0 aliphatic carbocycles. The van der Waals surface area contributed by atoms with Gasteiger partial charge in [-0.05, 0) is 32.0 Å². The summed E-state index contributed by atoms with van der Waals surface area (Å²) in [6.45, 7) is 3.64. The first-order valence-corrected chi connectivity index (χ1v) is 6.54. The van der Waals surface area contributed by atoms with Gasteiger partial charge in [0.05, 0.1) is 10.7 Å². The van der Waals surface area contributed by atoms with Crippen LogP contribution in [0.3, 0.4) is 0 Å². The maximum absolute atomic E-state index is 13.1. The molecule has 0 atom stereocenters. The van der Waals surface area contributed by atoms with Crippen molar-refractivity contribution >= 4 is 28.1 Å². The second kappa shape index (κ2) is 4.28. The second-order valence-electron chi connectivity index (χ2n) is 4.27. The van der Waals surface area contributed by atoms with Crippen LogP contribution in [0.5, 0.6) is 0 Å². The molecule has 2 heterocycles. The Morgan fingerprint density at radius 2 is 2.11 bits per heavy atom. The summed E-state index contributed by atoms with van der Waals surface area (Å²) in [6.07, 6.45) is 0. The molecule has 0 spiro atoms. The van der Waals surface area contributed by atoms with E-state index in [9.17, 15) is 9.18 Å². The molecule has 3 nitrogen and oxygen atoms in total. The van der Waals surface area contributed by atoms with Gasteiger partial charge < -0.3 is 4.42 Å². The first-order valence-electron chi connectivity index (χ1n) is 5.72. The number of hydrogen-bond donors (Lipinski definition) is 0. The van der Waals surface area contributed by atoms with E-state index in [-0.39, 0.29) is 17.4 Å². The number of halogens is 1. The summed E-state index contributed by atoms with van der Waals surface area (Å²) in [5.74, 6) is -0.377. The number of carbonyl (C=O) groups is 1. The Hall–Kier alpha value is -2.01. The molecule has 3 rings (SSSR count). The van der Waals surface area contributed by atoms with Gasteiger partial charge in [-0.1, -0.05) is 0 Å². The summed E-state index contributed by atoms with van der Waals surface area (Å²) in [7, 11) is 0. The van der Waals surface area contributed by atoms with Gasteiger partial charge in [0.2, 0.25) is 5.78 Å². The minimum absolute atomic E-state index is 0.209. The first kappa shape index (κ1) is 12.0. The van der Waals surface area contributed by atoms with E-state index in [2.05, 4.69) is 4.98 Å². The van der Waals surface area contributed by atoms with Crippen LogP contribution in [0, 0.1) is 19.7 Å².